The molecule has 1 amide bonds. The van der Waals surface area contributed by atoms with E-state index in [0.29, 0.717) is 5.57 Å². The van der Waals surface area contributed by atoms with Crippen molar-refractivity contribution in [2.24, 2.45) is 5.73 Å². The Morgan fingerprint density at radius 3 is 2.22 bits per heavy atom. The van der Waals surface area contributed by atoms with Gasteiger partial charge in [-0.15, -0.1) is 0 Å². The van der Waals surface area contributed by atoms with Gasteiger partial charge in [0, 0.05) is 10.1 Å². The van der Waals surface area contributed by atoms with Gasteiger partial charge in [-0.1, -0.05) is 22.9 Å². The lowest BCUT2D eigenvalue weighted by Gasteiger charge is -1.96. The monoisotopic (exact) mass is 191 g/mol. The van der Waals surface area contributed by atoms with Gasteiger partial charge in [0.05, 0.1) is 0 Å². The molecule has 0 atom stereocenters. The molecule has 0 saturated heterocycles. The van der Waals surface area contributed by atoms with Crippen molar-refractivity contribution in [3.8, 4) is 0 Å². The number of nitrogens with two attached hydrogens (primary N) is 1. The molecule has 0 aromatic carbocycles. The third-order valence-corrected chi connectivity index (χ3v) is 2.24. The van der Waals surface area contributed by atoms with Crippen LogP contribution in [0.25, 0.3) is 0 Å². The molecule has 0 saturated carbocycles. The SMILES string of the molecule is CC/C(Br)=C(/C)C(N)=O. The summed E-state index contributed by atoms with van der Waals surface area (Å²) in [4.78, 5) is 10.4. The summed E-state index contributed by atoms with van der Waals surface area (Å²) in [5.41, 5.74) is 5.59. The van der Waals surface area contributed by atoms with Crippen molar-refractivity contribution in [2.45, 2.75) is 20.3 Å². The molecule has 0 fully saturated rings. The topological polar surface area (TPSA) is 43.1 Å². The minimum atomic E-state index is -0.358. The first-order chi connectivity index (χ1) is 4.09. The summed E-state index contributed by atoms with van der Waals surface area (Å²) in [6.07, 6.45) is 0.814. The van der Waals surface area contributed by atoms with E-state index in [4.69, 9.17) is 5.73 Å². The van der Waals surface area contributed by atoms with Crippen LogP contribution in [0.2, 0.25) is 0 Å². The second-order valence-electron chi connectivity index (χ2n) is 1.75. The van der Waals surface area contributed by atoms with Gasteiger partial charge >= 0.3 is 0 Å². The molecule has 2 nitrogen and oxygen atoms in total. The molecular weight excluding hydrogens is 182 g/mol. The highest BCUT2D eigenvalue weighted by atomic mass is 79.9. The van der Waals surface area contributed by atoms with Crippen molar-refractivity contribution in [3.05, 3.63) is 10.1 Å². The molecule has 2 N–H and O–H groups in total. The van der Waals surface area contributed by atoms with Crippen molar-refractivity contribution in [1.82, 2.24) is 0 Å². The Balaban J connectivity index is 4.28. The molecule has 0 aliphatic rings. The number of carbonyl (C=O) groups excluding carboxylic acids is 1. The van der Waals surface area contributed by atoms with Crippen molar-refractivity contribution in [3.63, 3.8) is 0 Å². The van der Waals surface area contributed by atoms with Crippen molar-refractivity contribution >= 4 is 21.8 Å². The molecule has 9 heavy (non-hydrogen) atoms. The predicted molar refractivity (Wildman–Crippen MR) is 41.1 cm³/mol. The summed E-state index contributed by atoms with van der Waals surface area (Å²) in [7, 11) is 0. The van der Waals surface area contributed by atoms with E-state index in [9.17, 15) is 4.79 Å². The Kier molecular flexibility index (Phi) is 3.54. The average Bonchev–Trinajstić information content (AvgIpc) is 1.84. The van der Waals surface area contributed by atoms with E-state index >= 15 is 0 Å². The van der Waals surface area contributed by atoms with Crippen molar-refractivity contribution < 1.29 is 4.79 Å². The van der Waals surface area contributed by atoms with Gasteiger partial charge in [0.2, 0.25) is 5.91 Å². The number of hydrogen-bond donors (Lipinski definition) is 1. The van der Waals surface area contributed by atoms with Crippen molar-refractivity contribution in [2.75, 3.05) is 0 Å². The quantitative estimate of drug-likeness (QED) is 0.662. The summed E-state index contributed by atoms with van der Waals surface area (Å²) >= 11 is 3.22. The summed E-state index contributed by atoms with van der Waals surface area (Å²) in [5, 5.41) is 0. The largest absolute Gasteiger partial charge is 0.366 e. The Hall–Kier alpha value is -0.310. The standard InChI is InChI=1S/C6H10BrNO/c1-3-5(7)4(2)6(8)9/h3H2,1-2H3,(H2,8,9)/b5-4+. The van der Waals surface area contributed by atoms with Gasteiger partial charge in [0.15, 0.2) is 0 Å². The molecular formula is C6H10BrNO. The highest BCUT2D eigenvalue weighted by Gasteiger charge is 2.00. The van der Waals surface area contributed by atoms with Gasteiger partial charge in [-0.2, -0.15) is 0 Å². The lowest BCUT2D eigenvalue weighted by Crippen LogP contribution is -2.12. The van der Waals surface area contributed by atoms with Crippen LogP contribution < -0.4 is 5.73 Å². The third kappa shape index (κ3) is 2.65. The van der Waals surface area contributed by atoms with E-state index in [1.54, 1.807) is 6.92 Å². The first kappa shape index (κ1) is 8.69. The fourth-order valence-corrected chi connectivity index (χ4v) is 0.594. The van der Waals surface area contributed by atoms with Crippen LogP contribution in [0.5, 0.6) is 0 Å². The Morgan fingerprint density at radius 2 is 2.11 bits per heavy atom. The third-order valence-electron chi connectivity index (χ3n) is 1.09. The first-order valence-electron chi connectivity index (χ1n) is 2.74. The second kappa shape index (κ2) is 3.67. The number of carbonyl (C=O) groups is 1. The molecule has 0 radical (unpaired) electrons. The molecule has 0 rings (SSSR count). The highest BCUT2D eigenvalue weighted by Crippen LogP contribution is 2.14. The van der Waals surface area contributed by atoms with Crippen molar-refractivity contribution in [1.29, 1.82) is 0 Å². The van der Waals surface area contributed by atoms with Crippen LogP contribution in [-0.4, -0.2) is 5.91 Å². The Labute approximate surface area is 63.2 Å². The Bertz CT molecular complexity index is 151. The van der Waals surface area contributed by atoms with Crippen LogP contribution in [0.15, 0.2) is 10.1 Å². The minimum Gasteiger partial charge on any atom is -0.366 e. The second-order valence-corrected chi connectivity index (χ2v) is 2.70. The number of hydrogen-bond acceptors (Lipinski definition) is 1. The molecule has 0 unspecified atom stereocenters. The molecule has 52 valence electrons. The summed E-state index contributed by atoms with van der Waals surface area (Å²) < 4.78 is 0.884. The summed E-state index contributed by atoms with van der Waals surface area (Å²) in [5.74, 6) is -0.358. The van der Waals surface area contributed by atoms with E-state index in [-0.39, 0.29) is 5.91 Å². The zero-order chi connectivity index (χ0) is 7.44. The number of primary amides is 1. The smallest absolute Gasteiger partial charge is 0.245 e. The van der Waals surface area contributed by atoms with Gasteiger partial charge in [-0.05, 0) is 13.3 Å². The molecule has 3 heteroatoms. The first-order valence-corrected chi connectivity index (χ1v) is 3.54. The average molecular weight is 192 g/mol. The number of rotatable bonds is 2. The fraction of sp³-hybridized carbons (Fsp3) is 0.500. The van der Waals surface area contributed by atoms with Crippen LogP contribution in [-0.2, 0) is 4.79 Å². The van der Waals surface area contributed by atoms with Crippen LogP contribution in [0, 0.1) is 0 Å². The van der Waals surface area contributed by atoms with E-state index in [1.165, 1.54) is 0 Å². The maximum Gasteiger partial charge on any atom is 0.245 e. The molecule has 0 bridgehead atoms. The summed E-state index contributed by atoms with van der Waals surface area (Å²) in [6, 6.07) is 0. The van der Waals surface area contributed by atoms with Gasteiger partial charge < -0.3 is 5.73 Å². The van der Waals surface area contributed by atoms with E-state index in [0.717, 1.165) is 10.9 Å². The Morgan fingerprint density at radius 1 is 1.67 bits per heavy atom. The molecule has 0 aromatic rings. The number of halogens is 1. The molecule has 0 spiro atoms. The van der Waals surface area contributed by atoms with E-state index in [1.807, 2.05) is 6.92 Å². The highest BCUT2D eigenvalue weighted by molar-refractivity contribution is 9.11. The van der Waals surface area contributed by atoms with E-state index in [2.05, 4.69) is 15.9 Å². The normalized spacial score (nSPS) is 12.8. The molecule has 0 heterocycles. The van der Waals surface area contributed by atoms with Crippen LogP contribution in [0.1, 0.15) is 20.3 Å². The lowest BCUT2D eigenvalue weighted by molar-refractivity contribution is -0.114. The van der Waals surface area contributed by atoms with Gasteiger partial charge in [-0.25, -0.2) is 0 Å². The van der Waals surface area contributed by atoms with Gasteiger partial charge in [0.25, 0.3) is 0 Å². The predicted octanol–water partition coefficient (Wildman–Crippen LogP) is 1.55. The molecule has 0 aromatic heterocycles. The fourth-order valence-electron chi connectivity index (χ4n) is 0.399. The lowest BCUT2D eigenvalue weighted by atomic mass is 10.2. The van der Waals surface area contributed by atoms with Gasteiger partial charge in [0.1, 0.15) is 0 Å². The van der Waals surface area contributed by atoms with Crippen LogP contribution in [0.4, 0.5) is 0 Å². The maximum atomic E-state index is 10.4. The molecule has 0 aliphatic heterocycles. The maximum absolute atomic E-state index is 10.4. The van der Waals surface area contributed by atoms with E-state index < -0.39 is 0 Å². The number of amides is 1. The zero-order valence-electron chi connectivity index (χ0n) is 5.57. The minimum absolute atomic E-state index is 0.358. The van der Waals surface area contributed by atoms with Crippen LogP contribution >= 0.6 is 15.9 Å². The molecule has 0 aliphatic carbocycles. The number of allylic oxidation sites excluding steroid dienone is 1. The zero-order valence-corrected chi connectivity index (χ0v) is 7.16. The van der Waals surface area contributed by atoms with Crippen LogP contribution in [0.3, 0.4) is 0 Å². The van der Waals surface area contributed by atoms with Gasteiger partial charge in [-0.3, -0.25) is 4.79 Å². The summed E-state index contributed by atoms with van der Waals surface area (Å²) in [6.45, 7) is 3.66.